The number of amides is 4. The number of rotatable bonds is 13. The first kappa shape index (κ1) is 35.4. The number of phenols is 1. The number of Topliss-reactive ketones (excluding diaryl/α,β-unsaturated/α-hetero) is 1. The Labute approximate surface area is 272 Å². The SMILES string of the molecule is C=C(C)C1CCN(C(=O)[C@@H](NC(=O)NC2(Cc3ccccc3O)CCCCC2)C(C)(C)C)[C@@H]1C(O)NC(CC1CC1)C(=O)C(N)=O. The molecule has 11 heteroatoms. The third kappa shape index (κ3) is 8.67. The van der Waals surface area contributed by atoms with Crippen LogP contribution in [0.2, 0.25) is 0 Å². The molecule has 254 valence electrons. The van der Waals surface area contributed by atoms with E-state index in [-0.39, 0.29) is 23.5 Å². The zero-order valence-corrected chi connectivity index (χ0v) is 27.8. The van der Waals surface area contributed by atoms with E-state index in [2.05, 4.69) is 22.5 Å². The number of carbonyl (C=O) groups excluding carboxylic acids is 4. The van der Waals surface area contributed by atoms with E-state index in [0.29, 0.717) is 25.8 Å². The zero-order chi connectivity index (χ0) is 33.8. The van der Waals surface area contributed by atoms with Gasteiger partial charge in [-0.3, -0.25) is 19.7 Å². The molecule has 3 aliphatic rings. The van der Waals surface area contributed by atoms with E-state index in [9.17, 15) is 29.4 Å². The van der Waals surface area contributed by atoms with E-state index in [0.717, 1.165) is 56.1 Å². The number of nitrogens with two attached hydrogens (primary N) is 1. The van der Waals surface area contributed by atoms with Crippen LogP contribution in [-0.4, -0.2) is 75.2 Å². The molecule has 3 unspecified atom stereocenters. The van der Waals surface area contributed by atoms with Gasteiger partial charge in [-0.15, -0.1) is 0 Å². The second kappa shape index (κ2) is 14.5. The molecule has 0 spiro atoms. The van der Waals surface area contributed by atoms with Crippen molar-refractivity contribution in [3.05, 3.63) is 42.0 Å². The summed E-state index contributed by atoms with van der Waals surface area (Å²) in [7, 11) is 0. The molecular weight excluding hydrogens is 586 g/mol. The number of nitrogens with one attached hydrogen (secondary N) is 3. The molecule has 46 heavy (non-hydrogen) atoms. The lowest BCUT2D eigenvalue weighted by Crippen LogP contribution is -2.63. The number of ketones is 1. The zero-order valence-electron chi connectivity index (χ0n) is 27.8. The number of aromatic hydroxyl groups is 1. The molecule has 1 aromatic carbocycles. The van der Waals surface area contributed by atoms with Gasteiger partial charge in [-0.2, -0.15) is 0 Å². The maximum atomic E-state index is 14.4. The van der Waals surface area contributed by atoms with Gasteiger partial charge in [-0.05, 0) is 62.0 Å². The van der Waals surface area contributed by atoms with Crippen LogP contribution in [0.1, 0.15) is 91.0 Å². The molecule has 3 fully saturated rings. The average Bonchev–Trinajstić information content (AvgIpc) is 3.68. The molecule has 0 radical (unpaired) electrons. The topological polar surface area (TPSA) is 174 Å². The van der Waals surface area contributed by atoms with E-state index < -0.39 is 53.0 Å². The summed E-state index contributed by atoms with van der Waals surface area (Å²) in [6.45, 7) is 11.9. The molecule has 0 aromatic heterocycles. The summed E-state index contributed by atoms with van der Waals surface area (Å²) < 4.78 is 0. The van der Waals surface area contributed by atoms with Crippen molar-refractivity contribution in [2.45, 2.75) is 122 Å². The number of likely N-dealkylation sites (tertiary alicyclic amines) is 1. The Morgan fingerprint density at radius 2 is 1.74 bits per heavy atom. The number of aliphatic hydroxyl groups excluding tert-OH is 1. The molecule has 4 amide bonds. The van der Waals surface area contributed by atoms with Gasteiger partial charge in [0.2, 0.25) is 11.7 Å². The Kier molecular flexibility index (Phi) is 11.2. The Morgan fingerprint density at radius 1 is 1.09 bits per heavy atom. The molecule has 1 heterocycles. The van der Waals surface area contributed by atoms with Crippen molar-refractivity contribution in [3.8, 4) is 5.75 Å². The van der Waals surface area contributed by atoms with Gasteiger partial charge in [0, 0.05) is 18.0 Å². The van der Waals surface area contributed by atoms with Crippen molar-refractivity contribution < 1.29 is 29.4 Å². The van der Waals surface area contributed by atoms with Crippen LogP contribution in [0.25, 0.3) is 0 Å². The first-order valence-electron chi connectivity index (χ1n) is 16.7. The smallest absolute Gasteiger partial charge is 0.315 e. The molecule has 2 aliphatic carbocycles. The average molecular weight is 640 g/mol. The minimum absolute atomic E-state index is 0.189. The molecule has 5 atom stereocenters. The first-order valence-corrected chi connectivity index (χ1v) is 16.7. The predicted octanol–water partition coefficient (Wildman–Crippen LogP) is 3.28. The number of phenolic OH excluding ortho intramolecular Hbond substituents is 1. The lowest BCUT2D eigenvalue weighted by Gasteiger charge is -2.41. The summed E-state index contributed by atoms with van der Waals surface area (Å²) in [4.78, 5) is 54.1. The molecule has 1 saturated heterocycles. The highest BCUT2D eigenvalue weighted by Gasteiger charge is 2.47. The van der Waals surface area contributed by atoms with Gasteiger partial charge in [0.15, 0.2) is 0 Å². The summed E-state index contributed by atoms with van der Waals surface area (Å²) >= 11 is 0. The fourth-order valence-electron chi connectivity index (χ4n) is 7.24. The molecule has 1 aliphatic heterocycles. The van der Waals surface area contributed by atoms with Crippen molar-refractivity contribution in [1.82, 2.24) is 20.9 Å². The van der Waals surface area contributed by atoms with E-state index in [1.807, 2.05) is 39.8 Å². The van der Waals surface area contributed by atoms with E-state index in [1.54, 1.807) is 17.0 Å². The molecule has 4 rings (SSSR count). The van der Waals surface area contributed by atoms with Gasteiger partial charge in [-0.1, -0.05) is 83.2 Å². The fourth-order valence-corrected chi connectivity index (χ4v) is 7.24. The number of primary amides is 1. The van der Waals surface area contributed by atoms with Crippen molar-refractivity contribution >= 4 is 23.6 Å². The van der Waals surface area contributed by atoms with Crippen LogP contribution in [0, 0.1) is 17.3 Å². The Hall–Kier alpha value is -3.44. The van der Waals surface area contributed by atoms with Gasteiger partial charge < -0.3 is 31.5 Å². The monoisotopic (exact) mass is 639 g/mol. The standard InChI is InChI=1S/C35H53N5O6/c1-21(2)24-15-18-40(27(24)31(44)37-25(19-22-13-14-22)28(42)30(36)43)32(45)29(34(3,4)5)38-33(46)39-35(16-9-6-10-17-35)20-23-11-7-8-12-26(23)41/h7-8,11-12,22,24-25,27,29,31,37,41,44H,1,6,9-10,13-20H2,2-5H3,(H2,36,43)(H2,38,39,46)/t24?,25?,27-,29+,31?/m0/s1. The molecular formula is C35H53N5O6. The normalized spacial score (nSPS) is 23.2. The molecule has 2 saturated carbocycles. The van der Waals surface area contributed by atoms with Gasteiger partial charge >= 0.3 is 6.03 Å². The third-order valence-corrected chi connectivity index (χ3v) is 9.99. The van der Waals surface area contributed by atoms with E-state index in [1.165, 1.54) is 0 Å². The number of nitrogens with zero attached hydrogens (tertiary/aromatic N) is 1. The fraction of sp³-hybridized carbons (Fsp3) is 0.657. The minimum Gasteiger partial charge on any atom is -0.508 e. The molecule has 1 aromatic rings. The summed E-state index contributed by atoms with van der Waals surface area (Å²) in [6.07, 6.45) is 6.41. The summed E-state index contributed by atoms with van der Waals surface area (Å²) in [5.41, 5.74) is 5.61. The Bertz CT molecular complexity index is 1300. The maximum absolute atomic E-state index is 14.4. The Morgan fingerprint density at radius 3 is 2.30 bits per heavy atom. The van der Waals surface area contributed by atoms with E-state index >= 15 is 0 Å². The van der Waals surface area contributed by atoms with Crippen LogP contribution in [0.3, 0.4) is 0 Å². The second-order valence-electron chi connectivity index (χ2n) is 14.9. The van der Waals surface area contributed by atoms with Crippen LogP contribution >= 0.6 is 0 Å². The lowest BCUT2D eigenvalue weighted by atomic mass is 9.77. The van der Waals surface area contributed by atoms with Crippen molar-refractivity contribution in [2.24, 2.45) is 23.0 Å². The molecule has 11 nitrogen and oxygen atoms in total. The number of aliphatic hydroxyl groups is 1. The minimum atomic E-state index is -1.33. The number of urea groups is 1. The van der Waals surface area contributed by atoms with Crippen LogP contribution in [0.5, 0.6) is 5.75 Å². The van der Waals surface area contributed by atoms with Gasteiger partial charge in [-0.25, -0.2) is 4.79 Å². The predicted molar refractivity (Wildman–Crippen MR) is 175 cm³/mol. The van der Waals surface area contributed by atoms with Crippen molar-refractivity contribution in [1.29, 1.82) is 0 Å². The van der Waals surface area contributed by atoms with Gasteiger partial charge in [0.25, 0.3) is 5.91 Å². The molecule has 0 bridgehead atoms. The van der Waals surface area contributed by atoms with E-state index in [4.69, 9.17) is 5.73 Å². The number of benzene rings is 1. The van der Waals surface area contributed by atoms with Crippen molar-refractivity contribution in [2.75, 3.05) is 6.54 Å². The number of para-hydroxylation sites is 1. The second-order valence-corrected chi connectivity index (χ2v) is 14.9. The van der Waals surface area contributed by atoms with Crippen LogP contribution in [0.4, 0.5) is 4.79 Å². The first-order chi connectivity index (χ1) is 21.6. The van der Waals surface area contributed by atoms with Crippen LogP contribution in [0.15, 0.2) is 36.4 Å². The van der Waals surface area contributed by atoms with Gasteiger partial charge in [0.1, 0.15) is 18.0 Å². The van der Waals surface area contributed by atoms with Crippen LogP contribution in [-0.2, 0) is 20.8 Å². The summed E-state index contributed by atoms with van der Waals surface area (Å²) in [5.74, 6) is -2.01. The summed E-state index contributed by atoms with van der Waals surface area (Å²) in [5, 5.41) is 31.1. The quantitative estimate of drug-likeness (QED) is 0.109. The largest absolute Gasteiger partial charge is 0.508 e. The van der Waals surface area contributed by atoms with Crippen molar-refractivity contribution in [3.63, 3.8) is 0 Å². The summed E-state index contributed by atoms with van der Waals surface area (Å²) in [6, 6.07) is 4.02. The Balaban J connectivity index is 1.54. The molecule has 7 N–H and O–H groups in total. The van der Waals surface area contributed by atoms with Gasteiger partial charge in [0.05, 0.1) is 12.1 Å². The highest BCUT2D eigenvalue weighted by Crippen LogP contribution is 2.37. The highest BCUT2D eigenvalue weighted by molar-refractivity contribution is 6.37. The highest BCUT2D eigenvalue weighted by atomic mass is 16.3. The maximum Gasteiger partial charge on any atom is 0.315 e. The number of hydrogen-bond donors (Lipinski definition) is 6. The number of hydrogen-bond acceptors (Lipinski definition) is 7. The number of carbonyl (C=O) groups is 4. The van der Waals surface area contributed by atoms with Crippen LogP contribution < -0.4 is 21.7 Å². The third-order valence-electron chi connectivity index (χ3n) is 9.99. The lowest BCUT2D eigenvalue weighted by molar-refractivity contribution is -0.141.